The molecule has 1 rings (SSSR count). The summed E-state index contributed by atoms with van der Waals surface area (Å²) in [6, 6.07) is 1.35. The van der Waals surface area contributed by atoms with E-state index in [-0.39, 0.29) is 16.7 Å². The molecule has 0 fully saturated rings. The molecule has 6 heteroatoms. The summed E-state index contributed by atoms with van der Waals surface area (Å²) >= 11 is 5.45. The van der Waals surface area contributed by atoms with Crippen molar-refractivity contribution in [2.75, 3.05) is 7.11 Å². The van der Waals surface area contributed by atoms with Crippen LogP contribution in [0.1, 0.15) is 13.8 Å². The summed E-state index contributed by atoms with van der Waals surface area (Å²) in [4.78, 5) is 12.0. The molecule has 1 N–H and O–H groups in total. The van der Waals surface area contributed by atoms with Crippen LogP contribution in [-0.4, -0.2) is 17.0 Å². The lowest BCUT2D eigenvalue weighted by Crippen LogP contribution is -1.90. The van der Waals surface area contributed by atoms with Crippen LogP contribution < -0.4 is 4.74 Å². The highest BCUT2D eigenvalue weighted by molar-refractivity contribution is 6.29. The lowest BCUT2D eigenvalue weighted by Gasteiger charge is -1.94. The number of rotatable bonds is 2. The molecule has 0 amide bonds. The highest BCUT2D eigenvalue weighted by Crippen LogP contribution is 2.28. The second kappa shape index (κ2) is 5.42. The van der Waals surface area contributed by atoms with Crippen molar-refractivity contribution in [3.63, 3.8) is 0 Å². The maximum absolute atomic E-state index is 10.2. The third kappa shape index (κ3) is 2.95. The van der Waals surface area contributed by atoms with Crippen LogP contribution in [0.5, 0.6) is 5.75 Å². The molecule has 5 nitrogen and oxygen atoms in total. The fraction of sp³-hybridized carbons (Fsp3) is 0.429. The molecule has 0 saturated heterocycles. The second-order valence-corrected chi connectivity index (χ2v) is 2.20. The molecule has 0 bridgehead atoms. The van der Waals surface area contributed by atoms with Gasteiger partial charge >= 0.3 is 5.82 Å². The van der Waals surface area contributed by atoms with Gasteiger partial charge < -0.3 is 14.9 Å². The summed E-state index contributed by atoms with van der Waals surface area (Å²) in [6.45, 7) is 4.00. The number of aromatic nitrogens is 1. The van der Waals surface area contributed by atoms with E-state index in [2.05, 4.69) is 9.72 Å². The number of methoxy groups -OCH3 is 1. The second-order valence-electron chi connectivity index (χ2n) is 1.79. The molecule has 1 aromatic rings. The van der Waals surface area contributed by atoms with Gasteiger partial charge in [-0.25, -0.2) is 4.98 Å². The Morgan fingerprint density at radius 3 is 2.46 bits per heavy atom. The zero-order valence-electron chi connectivity index (χ0n) is 7.63. The first-order valence-electron chi connectivity index (χ1n) is 3.72. The molecular formula is C7H11ClN2O3. The molecular weight excluding hydrogens is 196 g/mol. The van der Waals surface area contributed by atoms with Crippen molar-refractivity contribution in [1.82, 2.24) is 4.98 Å². The molecule has 0 radical (unpaired) electrons. The van der Waals surface area contributed by atoms with Crippen LogP contribution in [0.25, 0.3) is 0 Å². The van der Waals surface area contributed by atoms with Crippen LogP contribution in [0, 0.1) is 10.1 Å². The first-order valence-corrected chi connectivity index (χ1v) is 4.10. The minimum Gasteiger partial charge on any atom is -0.489 e. The summed E-state index contributed by atoms with van der Waals surface area (Å²) in [5, 5.41) is 10.4. The van der Waals surface area contributed by atoms with Gasteiger partial charge in [-0.1, -0.05) is 13.8 Å². The Bertz CT molecular complexity index is 285. The number of aromatic amines is 1. The van der Waals surface area contributed by atoms with Gasteiger partial charge in [0, 0.05) is 6.07 Å². The zero-order chi connectivity index (χ0) is 10.4. The van der Waals surface area contributed by atoms with Crippen LogP contribution in [0.2, 0.25) is 5.15 Å². The van der Waals surface area contributed by atoms with Crippen LogP contribution in [0.4, 0.5) is 5.82 Å². The number of hydrogen-bond acceptors (Lipinski definition) is 3. The molecule has 13 heavy (non-hydrogen) atoms. The van der Waals surface area contributed by atoms with Crippen LogP contribution in [-0.2, 0) is 0 Å². The molecule has 0 aliphatic carbocycles. The predicted molar refractivity (Wildman–Crippen MR) is 50.4 cm³/mol. The van der Waals surface area contributed by atoms with Crippen LogP contribution in [0.15, 0.2) is 6.07 Å². The van der Waals surface area contributed by atoms with Crippen molar-refractivity contribution < 1.29 is 9.66 Å². The number of hydrogen-bond donors (Lipinski definition) is 1. The van der Waals surface area contributed by atoms with Crippen molar-refractivity contribution in [3.8, 4) is 5.75 Å². The standard InChI is InChI=1S/C5H5ClN2O3.C2H6/c1-11-3-2-4(6)7-5(3)8(9)10;1-2/h2,7H,1H3;1-2H3. The van der Waals surface area contributed by atoms with Gasteiger partial charge in [-0.3, -0.25) is 0 Å². The largest absolute Gasteiger partial charge is 0.489 e. The van der Waals surface area contributed by atoms with E-state index >= 15 is 0 Å². The van der Waals surface area contributed by atoms with E-state index in [0.29, 0.717) is 0 Å². The molecule has 0 saturated carbocycles. The van der Waals surface area contributed by atoms with Crippen molar-refractivity contribution in [2.45, 2.75) is 13.8 Å². The van der Waals surface area contributed by atoms with Gasteiger partial charge in [0.05, 0.1) is 7.11 Å². The number of H-pyrrole nitrogens is 1. The Kier molecular flexibility index (Phi) is 4.91. The minimum atomic E-state index is -0.593. The number of nitrogens with zero attached hydrogens (tertiary/aromatic N) is 1. The Morgan fingerprint density at radius 1 is 1.62 bits per heavy atom. The molecule has 0 aliphatic heterocycles. The van der Waals surface area contributed by atoms with Gasteiger partial charge in [0.1, 0.15) is 0 Å². The van der Waals surface area contributed by atoms with E-state index in [0.717, 1.165) is 0 Å². The van der Waals surface area contributed by atoms with Crippen molar-refractivity contribution in [3.05, 3.63) is 21.3 Å². The van der Waals surface area contributed by atoms with Gasteiger partial charge in [0.2, 0.25) is 5.75 Å². The third-order valence-corrected chi connectivity index (χ3v) is 1.34. The summed E-state index contributed by atoms with van der Waals surface area (Å²) in [6.07, 6.45) is 0. The van der Waals surface area contributed by atoms with Crippen molar-refractivity contribution >= 4 is 17.4 Å². The molecule has 0 aliphatic rings. The quantitative estimate of drug-likeness (QED) is 0.597. The van der Waals surface area contributed by atoms with Gasteiger partial charge in [0.25, 0.3) is 0 Å². The molecule has 1 aromatic heterocycles. The monoisotopic (exact) mass is 206 g/mol. The normalized spacial score (nSPS) is 8.62. The SMILES string of the molecule is CC.COc1cc(Cl)[nH]c1[N+](=O)[O-]. The maximum Gasteiger partial charge on any atom is 0.364 e. The fourth-order valence-electron chi connectivity index (χ4n) is 0.685. The highest BCUT2D eigenvalue weighted by atomic mass is 35.5. The van der Waals surface area contributed by atoms with Crippen LogP contribution >= 0.6 is 11.6 Å². The van der Waals surface area contributed by atoms with E-state index in [9.17, 15) is 10.1 Å². The van der Waals surface area contributed by atoms with E-state index in [1.54, 1.807) is 0 Å². The van der Waals surface area contributed by atoms with Gasteiger partial charge in [-0.15, -0.1) is 0 Å². The predicted octanol–water partition coefficient (Wildman–Crippen LogP) is 2.61. The lowest BCUT2D eigenvalue weighted by molar-refractivity contribution is -0.390. The van der Waals surface area contributed by atoms with E-state index < -0.39 is 4.92 Å². The Labute approximate surface area is 80.8 Å². The number of halogens is 1. The smallest absolute Gasteiger partial charge is 0.364 e. The van der Waals surface area contributed by atoms with E-state index in [4.69, 9.17) is 11.6 Å². The van der Waals surface area contributed by atoms with Crippen molar-refractivity contribution in [1.29, 1.82) is 0 Å². The van der Waals surface area contributed by atoms with Crippen molar-refractivity contribution in [2.24, 2.45) is 0 Å². The average Bonchev–Trinajstić information content (AvgIpc) is 2.50. The van der Waals surface area contributed by atoms with Crippen LogP contribution in [0.3, 0.4) is 0 Å². The lowest BCUT2D eigenvalue weighted by atomic mass is 10.5. The first-order chi connectivity index (χ1) is 6.15. The first kappa shape index (κ1) is 11.8. The van der Waals surface area contributed by atoms with Gasteiger partial charge in [-0.2, -0.15) is 0 Å². The summed E-state index contributed by atoms with van der Waals surface area (Å²) in [5.41, 5.74) is 0. The highest BCUT2D eigenvalue weighted by Gasteiger charge is 2.16. The van der Waals surface area contributed by atoms with E-state index in [1.807, 2.05) is 13.8 Å². The van der Waals surface area contributed by atoms with E-state index in [1.165, 1.54) is 13.2 Å². The average molecular weight is 207 g/mol. The Balaban J connectivity index is 0.000000671. The Morgan fingerprint density at radius 2 is 2.15 bits per heavy atom. The molecule has 0 aromatic carbocycles. The topological polar surface area (TPSA) is 68.2 Å². The number of ether oxygens (including phenoxy) is 1. The molecule has 1 heterocycles. The number of nitro groups is 1. The summed E-state index contributed by atoms with van der Waals surface area (Å²) < 4.78 is 4.67. The maximum atomic E-state index is 10.2. The number of nitrogens with one attached hydrogen (secondary N) is 1. The summed E-state index contributed by atoms with van der Waals surface area (Å²) in [7, 11) is 1.34. The third-order valence-electron chi connectivity index (χ3n) is 1.13. The molecule has 74 valence electrons. The molecule has 0 unspecified atom stereocenters. The summed E-state index contributed by atoms with van der Waals surface area (Å²) in [5.74, 6) is -0.0856. The van der Waals surface area contributed by atoms with Gasteiger partial charge in [0.15, 0.2) is 5.15 Å². The Hall–Kier alpha value is -1.23. The zero-order valence-corrected chi connectivity index (χ0v) is 8.38. The fourth-order valence-corrected chi connectivity index (χ4v) is 0.874. The minimum absolute atomic E-state index is 0.139. The van der Waals surface area contributed by atoms with Gasteiger partial charge in [-0.05, 0) is 16.5 Å². The molecule has 0 spiro atoms. The molecule has 0 atom stereocenters.